The normalized spacial score (nSPS) is 17.9. The maximum absolute atomic E-state index is 11.1. The van der Waals surface area contributed by atoms with Gasteiger partial charge >= 0.3 is 0 Å². The van der Waals surface area contributed by atoms with E-state index in [1.54, 1.807) is 18.7 Å². The number of nitrogens with one attached hydrogen (secondary N) is 1. The molecule has 0 aromatic heterocycles. The summed E-state index contributed by atoms with van der Waals surface area (Å²) in [5.41, 5.74) is 1.74. The molecule has 0 radical (unpaired) electrons. The average molecular weight is 289 g/mol. The molecule has 1 saturated heterocycles. The van der Waals surface area contributed by atoms with Gasteiger partial charge in [0.15, 0.2) is 0 Å². The highest BCUT2D eigenvalue weighted by Crippen LogP contribution is 2.31. The standard InChI is InChI=1S/C15H19N3OS/c1-3-20-15-6-4-5-14(13(15)9-16)18-8-7-12(10-18)17-11(2)19/h4-6,12H,3,7-8,10H2,1-2H3,(H,17,19). The van der Waals surface area contributed by atoms with Crippen molar-refractivity contribution < 1.29 is 4.79 Å². The molecule has 20 heavy (non-hydrogen) atoms. The molecule has 1 unspecified atom stereocenters. The monoisotopic (exact) mass is 289 g/mol. The number of anilines is 1. The van der Waals surface area contributed by atoms with Crippen molar-refractivity contribution in [2.24, 2.45) is 0 Å². The highest BCUT2D eigenvalue weighted by molar-refractivity contribution is 7.99. The summed E-state index contributed by atoms with van der Waals surface area (Å²) in [6, 6.07) is 8.51. The minimum Gasteiger partial charge on any atom is -0.368 e. The molecule has 0 saturated carbocycles. The summed E-state index contributed by atoms with van der Waals surface area (Å²) in [4.78, 5) is 14.4. The molecule has 0 bridgehead atoms. The summed E-state index contributed by atoms with van der Waals surface area (Å²) in [5, 5.41) is 12.4. The number of amides is 1. The van der Waals surface area contributed by atoms with Gasteiger partial charge in [0.25, 0.3) is 0 Å². The maximum Gasteiger partial charge on any atom is 0.217 e. The van der Waals surface area contributed by atoms with Crippen LogP contribution in [0.25, 0.3) is 0 Å². The van der Waals surface area contributed by atoms with Crippen LogP contribution < -0.4 is 10.2 Å². The fourth-order valence-electron chi connectivity index (χ4n) is 2.56. The largest absolute Gasteiger partial charge is 0.368 e. The lowest BCUT2D eigenvalue weighted by Crippen LogP contribution is -2.35. The second-order valence-corrected chi connectivity index (χ2v) is 6.13. The number of benzene rings is 1. The molecular formula is C15H19N3OS. The van der Waals surface area contributed by atoms with Gasteiger partial charge in [-0.15, -0.1) is 11.8 Å². The first-order chi connectivity index (χ1) is 9.65. The lowest BCUT2D eigenvalue weighted by molar-refractivity contribution is -0.119. The molecular weight excluding hydrogens is 270 g/mol. The molecule has 2 rings (SSSR count). The Hall–Kier alpha value is -1.67. The predicted molar refractivity (Wildman–Crippen MR) is 82.0 cm³/mol. The molecule has 0 spiro atoms. The highest BCUT2D eigenvalue weighted by Gasteiger charge is 2.25. The number of rotatable bonds is 4. The van der Waals surface area contributed by atoms with E-state index in [9.17, 15) is 10.1 Å². The van der Waals surface area contributed by atoms with Crippen molar-refractivity contribution in [2.75, 3.05) is 23.7 Å². The number of carbonyl (C=O) groups excluding carboxylic acids is 1. The molecule has 1 heterocycles. The molecule has 0 aliphatic carbocycles. The lowest BCUT2D eigenvalue weighted by Gasteiger charge is -2.21. The van der Waals surface area contributed by atoms with Gasteiger partial charge < -0.3 is 10.2 Å². The van der Waals surface area contributed by atoms with Crippen molar-refractivity contribution in [3.05, 3.63) is 23.8 Å². The first-order valence-corrected chi connectivity index (χ1v) is 7.82. The Kier molecular flexibility index (Phi) is 4.91. The second kappa shape index (κ2) is 6.67. The van der Waals surface area contributed by atoms with E-state index in [-0.39, 0.29) is 11.9 Å². The van der Waals surface area contributed by atoms with E-state index in [2.05, 4.69) is 23.2 Å². The van der Waals surface area contributed by atoms with Crippen molar-refractivity contribution in [1.82, 2.24) is 5.32 Å². The molecule has 1 aliphatic heterocycles. The van der Waals surface area contributed by atoms with Crippen molar-refractivity contribution in [3.63, 3.8) is 0 Å². The average Bonchev–Trinajstić information content (AvgIpc) is 2.86. The van der Waals surface area contributed by atoms with Gasteiger partial charge in [-0.05, 0) is 24.3 Å². The zero-order chi connectivity index (χ0) is 14.5. The molecule has 1 N–H and O–H groups in total. The number of carbonyl (C=O) groups is 1. The fourth-order valence-corrected chi connectivity index (χ4v) is 3.34. The number of hydrogen-bond donors (Lipinski definition) is 1. The zero-order valence-corrected chi connectivity index (χ0v) is 12.7. The quantitative estimate of drug-likeness (QED) is 0.865. The Morgan fingerprint density at radius 2 is 2.40 bits per heavy atom. The molecule has 1 fully saturated rings. The van der Waals surface area contributed by atoms with Crippen LogP contribution >= 0.6 is 11.8 Å². The first kappa shape index (κ1) is 14.7. The summed E-state index contributed by atoms with van der Waals surface area (Å²) >= 11 is 1.69. The van der Waals surface area contributed by atoms with E-state index in [0.29, 0.717) is 0 Å². The van der Waals surface area contributed by atoms with E-state index in [1.165, 1.54) is 0 Å². The summed E-state index contributed by atoms with van der Waals surface area (Å²) < 4.78 is 0. The Bertz CT molecular complexity index is 538. The van der Waals surface area contributed by atoms with Crippen LogP contribution in [0.4, 0.5) is 5.69 Å². The Labute approximate surface area is 124 Å². The lowest BCUT2D eigenvalue weighted by atomic mass is 10.2. The predicted octanol–water partition coefficient (Wildman–Crippen LogP) is 2.39. The smallest absolute Gasteiger partial charge is 0.217 e. The van der Waals surface area contributed by atoms with Crippen molar-refractivity contribution in [3.8, 4) is 6.07 Å². The topological polar surface area (TPSA) is 56.1 Å². The number of nitrogens with zero attached hydrogens (tertiary/aromatic N) is 2. The highest BCUT2D eigenvalue weighted by atomic mass is 32.2. The van der Waals surface area contributed by atoms with Crippen LogP contribution in [-0.2, 0) is 4.79 Å². The minimum atomic E-state index is 0.00708. The first-order valence-electron chi connectivity index (χ1n) is 6.83. The van der Waals surface area contributed by atoms with E-state index >= 15 is 0 Å². The minimum absolute atomic E-state index is 0.00708. The van der Waals surface area contributed by atoms with Crippen molar-refractivity contribution >= 4 is 23.4 Å². The van der Waals surface area contributed by atoms with Crippen molar-refractivity contribution in [2.45, 2.75) is 31.2 Å². The van der Waals surface area contributed by atoms with Crippen LogP contribution in [0.1, 0.15) is 25.8 Å². The van der Waals surface area contributed by atoms with Gasteiger partial charge in [-0.2, -0.15) is 5.26 Å². The maximum atomic E-state index is 11.1. The van der Waals surface area contributed by atoms with E-state index < -0.39 is 0 Å². The van der Waals surface area contributed by atoms with Crippen LogP contribution in [0.5, 0.6) is 0 Å². The van der Waals surface area contributed by atoms with Gasteiger partial charge in [-0.3, -0.25) is 4.79 Å². The second-order valence-electron chi connectivity index (χ2n) is 4.83. The number of nitriles is 1. The zero-order valence-electron chi connectivity index (χ0n) is 11.8. The van der Waals surface area contributed by atoms with Crippen LogP contribution in [0, 0.1) is 11.3 Å². The van der Waals surface area contributed by atoms with Crippen LogP contribution in [0.3, 0.4) is 0 Å². The van der Waals surface area contributed by atoms with Gasteiger partial charge in [-0.25, -0.2) is 0 Å². The number of thioether (sulfide) groups is 1. The number of hydrogen-bond acceptors (Lipinski definition) is 4. The third kappa shape index (κ3) is 3.26. The van der Waals surface area contributed by atoms with Gasteiger partial charge in [0.1, 0.15) is 6.07 Å². The summed E-state index contributed by atoms with van der Waals surface area (Å²) in [7, 11) is 0. The van der Waals surface area contributed by atoms with Gasteiger partial charge in [0.2, 0.25) is 5.91 Å². The van der Waals surface area contributed by atoms with E-state index in [0.717, 1.165) is 41.4 Å². The molecule has 4 nitrogen and oxygen atoms in total. The van der Waals surface area contributed by atoms with Crippen molar-refractivity contribution in [1.29, 1.82) is 5.26 Å². The van der Waals surface area contributed by atoms with Gasteiger partial charge in [0.05, 0.1) is 11.3 Å². The molecule has 1 atom stereocenters. The summed E-state index contributed by atoms with van der Waals surface area (Å²) in [6.45, 7) is 5.28. The Morgan fingerprint density at radius 3 is 3.05 bits per heavy atom. The Balaban J connectivity index is 2.19. The summed E-state index contributed by atoms with van der Waals surface area (Å²) in [5.74, 6) is 0.958. The Morgan fingerprint density at radius 1 is 1.60 bits per heavy atom. The SMILES string of the molecule is CCSc1cccc(N2CCC(NC(C)=O)C2)c1C#N. The van der Waals surface area contributed by atoms with E-state index in [1.807, 2.05) is 18.2 Å². The molecule has 106 valence electrons. The van der Waals surface area contributed by atoms with Crippen LogP contribution in [0.15, 0.2) is 23.1 Å². The van der Waals surface area contributed by atoms with Gasteiger partial charge in [0, 0.05) is 31.0 Å². The van der Waals surface area contributed by atoms with Crippen LogP contribution in [0.2, 0.25) is 0 Å². The van der Waals surface area contributed by atoms with Crippen LogP contribution in [-0.4, -0.2) is 30.8 Å². The third-order valence-corrected chi connectivity index (χ3v) is 4.29. The molecule has 5 heteroatoms. The van der Waals surface area contributed by atoms with Gasteiger partial charge in [-0.1, -0.05) is 13.0 Å². The molecule has 1 amide bonds. The molecule has 1 aliphatic rings. The summed E-state index contributed by atoms with van der Waals surface area (Å²) in [6.07, 6.45) is 0.926. The fraction of sp³-hybridized carbons (Fsp3) is 0.467. The third-order valence-electron chi connectivity index (χ3n) is 3.35. The molecule has 1 aromatic carbocycles. The van der Waals surface area contributed by atoms with E-state index in [4.69, 9.17) is 0 Å². The molecule has 1 aromatic rings.